The van der Waals surface area contributed by atoms with E-state index < -0.39 is 0 Å². The van der Waals surface area contributed by atoms with Crippen molar-refractivity contribution in [2.75, 3.05) is 0 Å². The summed E-state index contributed by atoms with van der Waals surface area (Å²) < 4.78 is 1.37. The molecule has 0 bridgehead atoms. The first-order valence-corrected chi connectivity index (χ1v) is 10.8. The normalized spacial score (nSPS) is 11.6. The molecule has 2 rings (SSSR count). The van der Waals surface area contributed by atoms with Crippen LogP contribution in [0.5, 0.6) is 0 Å². The number of carbonyl (C=O) groups is 1. The molecule has 0 aliphatic rings. The van der Waals surface area contributed by atoms with E-state index in [9.17, 15) is 4.79 Å². The minimum atomic E-state index is -0.123. The fraction of sp³-hybridized carbons (Fsp3) is 0.609. The third kappa shape index (κ3) is 8.06. The van der Waals surface area contributed by atoms with Crippen LogP contribution in [-0.2, 0) is 0 Å². The summed E-state index contributed by atoms with van der Waals surface area (Å²) in [4.78, 5) is 12.2. The fourth-order valence-corrected chi connectivity index (χ4v) is 3.39. The van der Waals surface area contributed by atoms with Crippen LogP contribution in [-0.4, -0.2) is 20.9 Å². The lowest BCUT2D eigenvalue weighted by Gasteiger charge is -2.02. The Morgan fingerprint density at radius 2 is 1.48 bits per heavy atom. The van der Waals surface area contributed by atoms with Crippen molar-refractivity contribution in [3.05, 3.63) is 36.4 Å². The Morgan fingerprint density at radius 3 is 2.15 bits per heavy atom. The monoisotopic (exact) mass is 369 g/mol. The van der Waals surface area contributed by atoms with Gasteiger partial charge in [-0.1, -0.05) is 101 Å². The molecule has 1 aromatic heterocycles. The summed E-state index contributed by atoms with van der Waals surface area (Å²) in [6.45, 7) is 2.27. The molecule has 0 aliphatic carbocycles. The van der Waals surface area contributed by atoms with Gasteiger partial charge >= 0.3 is 0 Å². The Kier molecular flexibility index (Phi) is 10.5. The molecule has 0 amide bonds. The summed E-state index contributed by atoms with van der Waals surface area (Å²) in [5.41, 5.74) is 1.51. The average Bonchev–Trinajstić information content (AvgIpc) is 3.12. The van der Waals surface area contributed by atoms with Crippen molar-refractivity contribution in [3.63, 3.8) is 0 Å². The predicted molar refractivity (Wildman–Crippen MR) is 113 cm³/mol. The predicted octanol–water partition coefficient (Wildman–Crippen LogP) is 6.72. The summed E-state index contributed by atoms with van der Waals surface area (Å²) in [6, 6.07) is 7.52. The van der Waals surface area contributed by atoms with Crippen molar-refractivity contribution in [2.24, 2.45) is 0 Å². The van der Waals surface area contributed by atoms with Crippen LogP contribution >= 0.6 is 0 Å². The first-order chi connectivity index (χ1) is 13.3. The lowest BCUT2D eigenvalue weighted by molar-refractivity contribution is 0.0957. The number of hydrogen-bond donors (Lipinski definition) is 0. The van der Waals surface area contributed by atoms with Crippen LogP contribution in [0.4, 0.5) is 0 Å². The van der Waals surface area contributed by atoms with Gasteiger partial charge in [-0.05, 0) is 25.0 Å². The van der Waals surface area contributed by atoms with Gasteiger partial charge < -0.3 is 0 Å². The SMILES string of the molecule is CCCCCCCCCCCCCC/C=C/C(=O)n1nnc2ccccc21. The topological polar surface area (TPSA) is 47.8 Å². The Bertz CT molecular complexity index is 690. The van der Waals surface area contributed by atoms with Gasteiger partial charge in [-0.3, -0.25) is 4.79 Å². The lowest BCUT2D eigenvalue weighted by Crippen LogP contribution is -2.08. The van der Waals surface area contributed by atoms with Crippen LogP contribution in [0.25, 0.3) is 11.0 Å². The van der Waals surface area contributed by atoms with Gasteiger partial charge in [-0.2, -0.15) is 4.68 Å². The number of para-hydroxylation sites is 1. The standard InChI is InChI=1S/C23H35N3O/c1-2-3-4-5-6-7-8-9-10-11-12-13-14-15-20-23(27)26-22-19-17-16-18-21(22)24-25-26/h15-20H,2-14H2,1H3/b20-15+. The summed E-state index contributed by atoms with van der Waals surface area (Å²) >= 11 is 0. The maximum atomic E-state index is 12.2. The van der Waals surface area contributed by atoms with E-state index in [1.165, 1.54) is 75.3 Å². The van der Waals surface area contributed by atoms with E-state index >= 15 is 0 Å². The molecule has 0 aliphatic heterocycles. The molecule has 4 nitrogen and oxygen atoms in total. The van der Waals surface area contributed by atoms with Crippen molar-refractivity contribution in [2.45, 2.75) is 90.4 Å². The molecular weight excluding hydrogens is 334 g/mol. The van der Waals surface area contributed by atoms with E-state index in [2.05, 4.69) is 17.2 Å². The maximum absolute atomic E-state index is 12.2. The molecule has 0 N–H and O–H groups in total. The van der Waals surface area contributed by atoms with Gasteiger partial charge in [-0.15, -0.1) is 5.10 Å². The van der Waals surface area contributed by atoms with Crippen LogP contribution in [0.15, 0.2) is 36.4 Å². The van der Waals surface area contributed by atoms with E-state index in [0.717, 1.165) is 23.9 Å². The largest absolute Gasteiger partial charge is 0.272 e. The number of fused-ring (bicyclic) bond motifs is 1. The molecule has 27 heavy (non-hydrogen) atoms. The van der Waals surface area contributed by atoms with Gasteiger partial charge in [0.2, 0.25) is 0 Å². The highest BCUT2D eigenvalue weighted by Gasteiger charge is 2.07. The molecule has 0 saturated heterocycles. The molecule has 0 radical (unpaired) electrons. The molecule has 0 unspecified atom stereocenters. The van der Waals surface area contributed by atoms with E-state index in [4.69, 9.17) is 0 Å². The zero-order valence-corrected chi connectivity index (χ0v) is 16.9. The van der Waals surface area contributed by atoms with Gasteiger partial charge in [0.1, 0.15) is 5.52 Å². The minimum Gasteiger partial charge on any atom is -0.267 e. The summed E-state index contributed by atoms with van der Waals surface area (Å²) in [6.07, 6.45) is 20.8. The second-order valence-corrected chi connectivity index (χ2v) is 7.41. The molecule has 0 spiro atoms. The van der Waals surface area contributed by atoms with Gasteiger partial charge in [0, 0.05) is 6.08 Å². The smallest absolute Gasteiger partial charge is 0.267 e. The van der Waals surface area contributed by atoms with Gasteiger partial charge in [-0.25, -0.2) is 0 Å². The zero-order chi connectivity index (χ0) is 19.2. The molecule has 1 heterocycles. The third-order valence-electron chi connectivity index (χ3n) is 5.05. The molecule has 1 aromatic carbocycles. The van der Waals surface area contributed by atoms with E-state index in [1.54, 1.807) is 6.08 Å². The fourth-order valence-electron chi connectivity index (χ4n) is 3.39. The van der Waals surface area contributed by atoms with Crippen LogP contribution < -0.4 is 0 Å². The van der Waals surface area contributed by atoms with Crippen molar-refractivity contribution < 1.29 is 4.79 Å². The first kappa shape index (κ1) is 21.3. The Hall–Kier alpha value is -1.97. The number of hydrogen-bond acceptors (Lipinski definition) is 3. The first-order valence-electron chi connectivity index (χ1n) is 10.8. The second kappa shape index (κ2) is 13.2. The Morgan fingerprint density at radius 1 is 0.889 bits per heavy atom. The average molecular weight is 370 g/mol. The van der Waals surface area contributed by atoms with Gasteiger partial charge in [0.05, 0.1) is 5.52 Å². The number of rotatable bonds is 14. The number of allylic oxidation sites excluding steroid dienone is 2. The Balaban J connectivity index is 1.48. The molecule has 0 fully saturated rings. The van der Waals surface area contributed by atoms with Crippen LogP contribution in [0.3, 0.4) is 0 Å². The van der Waals surface area contributed by atoms with Crippen molar-refractivity contribution in [1.82, 2.24) is 15.0 Å². The summed E-state index contributed by atoms with van der Waals surface area (Å²) in [5.74, 6) is -0.123. The maximum Gasteiger partial charge on any atom is 0.272 e. The van der Waals surface area contributed by atoms with Crippen molar-refractivity contribution in [3.8, 4) is 0 Å². The third-order valence-corrected chi connectivity index (χ3v) is 5.05. The highest BCUT2D eigenvalue weighted by Crippen LogP contribution is 2.13. The van der Waals surface area contributed by atoms with Crippen LogP contribution in [0.2, 0.25) is 0 Å². The van der Waals surface area contributed by atoms with Crippen LogP contribution in [0, 0.1) is 0 Å². The molecular formula is C23H35N3O. The highest BCUT2D eigenvalue weighted by molar-refractivity contribution is 5.95. The molecule has 0 saturated carbocycles. The quantitative estimate of drug-likeness (QED) is 0.274. The zero-order valence-electron chi connectivity index (χ0n) is 16.9. The minimum absolute atomic E-state index is 0.123. The van der Waals surface area contributed by atoms with Crippen molar-refractivity contribution in [1.29, 1.82) is 0 Å². The van der Waals surface area contributed by atoms with E-state index in [-0.39, 0.29) is 5.91 Å². The number of unbranched alkanes of at least 4 members (excludes halogenated alkanes) is 12. The molecule has 148 valence electrons. The summed E-state index contributed by atoms with van der Waals surface area (Å²) in [5, 5.41) is 7.96. The number of aromatic nitrogens is 3. The number of nitrogens with zero attached hydrogens (tertiary/aromatic N) is 3. The van der Waals surface area contributed by atoms with E-state index in [0.29, 0.717) is 0 Å². The van der Waals surface area contributed by atoms with E-state index in [1.807, 2.05) is 30.3 Å². The second-order valence-electron chi connectivity index (χ2n) is 7.41. The number of benzene rings is 1. The van der Waals surface area contributed by atoms with Gasteiger partial charge in [0.15, 0.2) is 0 Å². The van der Waals surface area contributed by atoms with Gasteiger partial charge in [0.25, 0.3) is 5.91 Å². The van der Waals surface area contributed by atoms with Crippen LogP contribution in [0.1, 0.15) is 95.2 Å². The Labute approximate surface area is 164 Å². The van der Waals surface area contributed by atoms with Crippen molar-refractivity contribution >= 4 is 16.9 Å². The lowest BCUT2D eigenvalue weighted by atomic mass is 10.0. The molecule has 0 atom stereocenters. The molecule has 2 aromatic rings. The number of carbonyl (C=O) groups excluding carboxylic acids is 1. The molecule has 4 heteroatoms. The highest BCUT2D eigenvalue weighted by atomic mass is 16.2. The summed E-state index contributed by atoms with van der Waals surface area (Å²) in [7, 11) is 0.